The Hall–Kier alpha value is -3.33. The van der Waals surface area contributed by atoms with E-state index in [4.69, 9.17) is 5.11 Å². The Morgan fingerprint density at radius 3 is 2.43 bits per heavy atom. The number of para-hydroxylation sites is 1. The molecule has 0 aliphatic rings. The third-order valence-corrected chi connectivity index (χ3v) is 4.70. The van der Waals surface area contributed by atoms with Crippen LogP contribution in [-0.2, 0) is 4.79 Å². The summed E-state index contributed by atoms with van der Waals surface area (Å²) >= 11 is 1.19. The van der Waals surface area contributed by atoms with Gasteiger partial charge in [0.1, 0.15) is 29.0 Å². The predicted molar refractivity (Wildman–Crippen MR) is 110 cm³/mol. The number of benzene rings is 2. The van der Waals surface area contributed by atoms with Crippen LogP contribution in [0.4, 0.5) is 24.7 Å². The molecule has 30 heavy (non-hydrogen) atoms. The lowest BCUT2D eigenvalue weighted by Crippen LogP contribution is -2.06. The number of halogens is 3. The Kier molecular flexibility index (Phi) is 6.41. The van der Waals surface area contributed by atoms with Crippen LogP contribution in [0.25, 0.3) is 17.3 Å². The molecule has 3 rings (SSSR count). The van der Waals surface area contributed by atoms with E-state index in [1.54, 1.807) is 13.2 Å². The number of rotatable bonds is 6. The molecule has 9 heteroatoms. The van der Waals surface area contributed by atoms with Gasteiger partial charge in [0.25, 0.3) is 0 Å². The second kappa shape index (κ2) is 9.00. The van der Waals surface area contributed by atoms with Gasteiger partial charge in [-0.2, -0.15) is 0 Å². The number of carboxylic acid groups (broad SMARTS) is 1. The van der Waals surface area contributed by atoms with Crippen molar-refractivity contribution < 1.29 is 23.1 Å². The van der Waals surface area contributed by atoms with Crippen LogP contribution in [0.3, 0.4) is 0 Å². The lowest BCUT2D eigenvalue weighted by Gasteiger charge is -2.16. The molecule has 0 aliphatic carbocycles. The molecule has 2 aromatic carbocycles. The van der Waals surface area contributed by atoms with Gasteiger partial charge in [-0.15, -0.1) is 0 Å². The van der Waals surface area contributed by atoms with Crippen molar-refractivity contribution in [2.24, 2.45) is 0 Å². The summed E-state index contributed by atoms with van der Waals surface area (Å²) in [4.78, 5) is 19.8. The molecule has 1 aromatic heterocycles. The molecule has 0 saturated heterocycles. The van der Waals surface area contributed by atoms with Gasteiger partial charge in [0, 0.05) is 17.2 Å². The average Bonchev–Trinajstić information content (AvgIpc) is 2.69. The minimum Gasteiger partial charge on any atom is -0.478 e. The van der Waals surface area contributed by atoms with Gasteiger partial charge in [0.2, 0.25) is 0 Å². The fourth-order valence-electron chi connectivity index (χ4n) is 2.78. The van der Waals surface area contributed by atoms with Crippen LogP contribution < -0.4 is 5.32 Å². The number of carbonyl (C=O) groups is 1. The van der Waals surface area contributed by atoms with Crippen LogP contribution in [0.2, 0.25) is 0 Å². The minimum absolute atomic E-state index is 0.00887. The first-order valence-corrected chi connectivity index (χ1v) is 9.87. The third-order valence-electron chi connectivity index (χ3n) is 4.15. The number of thioether (sulfide) groups is 1. The Morgan fingerprint density at radius 1 is 1.13 bits per heavy atom. The van der Waals surface area contributed by atoms with Crippen LogP contribution in [0, 0.1) is 24.4 Å². The van der Waals surface area contributed by atoms with Crippen molar-refractivity contribution in [2.45, 2.75) is 12.1 Å². The monoisotopic (exact) mass is 431 g/mol. The van der Waals surface area contributed by atoms with E-state index in [9.17, 15) is 18.0 Å². The zero-order chi connectivity index (χ0) is 21.8. The van der Waals surface area contributed by atoms with Gasteiger partial charge in [-0.25, -0.2) is 27.9 Å². The summed E-state index contributed by atoms with van der Waals surface area (Å²) in [6, 6.07) is 7.45. The summed E-state index contributed by atoms with van der Waals surface area (Å²) in [5, 5.41) is 12.0. The number of carboxylic acids is 1. The average molecular weight is 431 g/mol. The van der Waals surface area contributed by atoms with Gasteiger partial charge in [0.15, 0.2) is 5.16 Å². The number of hydrogen-bond acceptors (Lipinski definition) is 5. The van der Waals surface area contributed by atoms with E-state index in [1.807, 2.05) is 0 Å². The second-order valence-corrected chi connectivity index (χ2v) is 6.95. The molecule has 0 aliphatic heterocycles. The highest BCUT2D eigenvalue weighted by atomic mass is 32.2. The van der Waals surface area contributed by atoms with Crippen LogP contribution in [-0.4, -0.2) is 27.3 Å². The normalized spacial score (nSPS) is 11.1. The Labute approximate surface area is 174 Å². The zero-order valence-electron chi connectivity index (χ0n) is 15.9. The van der Waals surface area contributed by atoms with Gasteiger partial charge < -0.3 is 10.4 Å². The molecule has 0 bridgehead atoms. The molecule has 5 nitrogen and oxygen atoms in total. The maximum absolute atomic E-state index is 14.2. The number of aryl methyl sites for hydroxylation is 1. The first-order valence-electron chi connectivity index (χ1n) is 8.64. The van der Waals surface area contributed by atoms with Crippen molar-refractivity contribution in [3.63, 3.8) is 0 Å². The summed E-state index contributed by atoms with van der Waals surface area (Å²) in [5.74, 6) is -3.34. The van der Waals surface area contributed by atoms with Crippen LogP contribution >= 0.6 is 11.8 Å². The van der Waals surface area contributed by atoms with Gasteiger partial charge in [-0.3, -0.25) is 0 Å². The maximum atomic E-state index is 14.2. The first-order chi connectivity index (χ1) is 14.3. The standard InChI is InChI=1S/C21H16F3N3O2S/c1-11-10-12(22)6-7-13(11)18-14(8-9-17(28)29)20(27-21(26-18)30-2)25-19-15(23)4-3-5-16(19)24/h3-10H,1-2H3,(H,28,29)(H,25,26,27)/b9-8+. The van der Waals surface area contributed by atoms with Gasteiger partial charge >= 0.3 is 5.97 Å². The summed E-state index contributed by atoms with van der Waals surface area (Å²) in [7, 11) is 0. The van der Waals surface area contributed by atoms with E-state index in [1.165, 1.54) is 42.1 Å². The van der Waals surface area contributed by atoms with E-state index in [-0.39, 0.29) is 16.5 Å². The quantitative estimate of drug-likeness (QED) is 0.308. The number of nitrogens with zero attached hydrogens (tertiary/aromatic N) is 2. The smallest absolute Gasteiger partial charge is 0.328 e. The predicted octanol–water partition coefficient (Wildman–Crippen LogP) is 5.43. The van der Waals surface area contributed by atoms with E-state index in [0.717, 1.165) is 18.2 Å². The molecule has 0 fully saturated rings. The maximum Gasteiger partial charge on any atom is 0.328 e. The van der Waals surface area contributed by atoms with Crippen molar-refractivity contribution in [3.05, 3.63) is 71.1 Å². The molecule has 154 valence electrons. The Bertz CT molecular complexity index is 1130. The molecule has 2 N–H and O–H groups in total. The van der Waals surface area contributed by atoms with Crippen molar-refractivity contribution in [1.82, 2.24) is 9.97 Å². The lowest BCUT2D eigenvalue weighted by molar-refractivity contribution is -0.131. The van der Waals surface area contributed by atoms with Crippen molar-refractivity contribution in [2.75, 3.05) is 11.6 Å². The molecular weight excluding hydrogens is 415 g/mol. The molecule has 0 saturated carbocycles. The van der Waals surface area contributed by atoms with E-state index >= 15 is 0 Å². The highest BCUT2D eigenvalue weighted by Crippen LogP contribution is 2.34. The van der Waals surface area contributed by atoms with Crippen LogP contribution in [0.1, 0.15) is 11.1 Å². The fourth-order valence-corrected chi connectivity index (χ4v) is 3.15. The summed E-state index contributed by atoms with van der Waals surface area (Å²) in [6.45, 7) is 1.67. The van der Waals surface area contributed by atoms with E-state index in [2.05, 4.69) is 15.3 Å². The van der Waals surface area contributed by atoms with E-state index in [0.29, 0.717) is 16.8 Å². The topological polar surface area (TPSA) is 75.1 Å². The molecule has 0 amide bonds. The number of nitrogens with one attached hydrogen (secondary N) is 1. The van der Waals surface area contributed by atoms with Gasteiger partial charge in [-0.05, 0) is 55.2 Å². The largest absolute Gasteiger partial charge is 0.478 e. The summed E-state index contributed by atoms with van der Waals surface area (Å²) < 4.78 is 42.0. The van der Waals surface area contributed by atoms with Crippen LogP contribution in [0.15, 0.2) is 47.6 Å². The molecular formula is C21H16F3N3O2S. The fraction of sp³-hybridized carbons (Fsp3) is 0.0952. The highest BCUT2D eigenvalue weighted by molar-refractivity contribution is 7.98. The van der Waals surface area contributed by atoms with Gasteiger partial charge in [0.05, 0.1) is 5.69 Å². The Morgan fingerprint density at radius 2 is 1.83 bits per heavy atom. The molecule has 0 radical (unpaired) electrons. The van der Waals surface area contributed by atoms with Crippen LogP contribution in [0.5, 0.6) is 0 Å². The molecule has 0 unspecified atom stereocenters. The number of aliphatic carboxylic acids is 1. The summed E-state index contributed by atoms with van der Waals surface area (Å²) in [5.41, 5.74) is 1.12. The highest BCUT2D eigenvalue weighted by Gasteiger charge is 2.19. The zero-order valence-corrected chi connectivity index (χ0v) is 16.7. The molecule has 0 atom stereocenters. The van der Waals surface area contributed by atoms with E-state index < -0.39 is 29.1 Å². The number of aromatic nitrogens is 2. The number of anilines is 2. The lowest BCUT2D eigenvalue weighted by atomic mass is 10.0. The second-order valence-electron chi connectivity index (χ2n) is 6.17. The molecule has 0 spiro atoms. The van der Waals surface area contributed by atoms with Crippen molar-refractivity contribution in [3.8, 4) is 11.3 Å². The minimum atomic E-state index is -1.23. The SMILES string of the molecule is CSc1nc(Nc2c(F)cccc2F)c(/C=C/C(=O)O)c(-c2ccc(F)cc2C)n1. The molecule has 1 heterocycles. The summed E-state index contributed by atoms with van der Waals surface area (Å²) in [6.07, 6.45) is 3.81. The van der Waals surface area contributed by atoms with Crippen molar-refractivity contribution in [1.29, 1.82) is 0 Å². The third kappa shape index (κ3) is 4.62. The van der Waals surface area contributed by atoms with Gasteiger partial charge in [-0.1, -0.05) is 17.8 Å². The first kappa shape index (κ1) is 21.4. The Balaban J connectivity index is 2.28. The molecule has 3 aromatic rings. The van der Waals surface area contributed by atoms with Crippen molar-refractivity contribution >= 4 is 35.3 Å². The number of hydrogen-bond donors (Lipinski definition) is 2.